The fraction of sp³-hybridized carbons (Fsp3) is 0.0952. The van der Waals surface area contributed by atoms with Crippen LogP contribution in [0.3, 0.4) is 0 Å². The molecule has 138 valence electrons. The van der Waals surface area contributed by atoms with Gasteiger partial charge in [-0.1, -0.05) is 30.3 Å². The maximum Gasteiger partial charge on any atom is 0.247 e. The molecule has 7 heteroatoms. The van der Waals surface area contributed by atoms with Crippen molar-refractivity contribution < 1.29 is 4.42 Å². The molecule has 0 radical (unpaired) electrons. The fourth-order valence-corrected chi connectivity index (χ4v) is 3.19. The molecule has 0 spiro atoms. The van der Waals surface area contributed by atoms with Crippen LogP contribution < -0.4 is 10.6 Å². The van der Waals surface area contributed by atoms with E-state index in [1.54, 1.807) is 0 Å². The minimum Gasteiger partial charge on any atom is -0.439 e. The first-order chi connectivity index (χ1) is 13.8. The standard InChI is InChI=1S/C21H18N6O/c1-22-13-20-24-16-11-10-14(12-18(16)28-20)17-8-5-9-19-25-21(26-27(17)19)23-15-6-3-2-4-7-15/h2-12,22H,13H2,1H3,(H,23,26). The molecule has 28 heavy (non-hydrogen) atoms. The Bertz CT molecular complexity index is 1260. The number of pyridine rings is 1. The van der Waals surface area contributed by atoms with E-state index in [1.165, 1.54) is 0 Å². The summed E-state index contributed by atoms with van der Waals surface area (Å²) in [5.41, 5.74) is 5.22. The van der Waals surface area contributed by atoms with Crippen LogP contribution in [0.15, 0.2) is 71.1 Å². The van der Waals surface area contributed by atoms with Gasteiger partial charge in [0.1, 0.15) is 5.52 Å². The highest BCUT2D eigenvalue weighted by atomic mass is 16.3. The molecular formula is C21H18N6O. The van der Waals surface area contributed by atoms with Gasteiger partial charge >= 0.3 is 0 Å². The summed E-state index contributed by atoms with van der Waals surface area (Å²) in [5, 5.41) is 10.9. The predicted molar refractivity (Wildman–Crippen MR) is 108 cm³/mol. The number of fused-ring (bicyclic) bond motifs is 2. The van der Waals surface area contributed by atoms with Crippen LogP contribution in [-0.2, 0) is 6.54 Å². The number of oxazole rings is 1. The van der Waals surface area contributed by atoms with Crippen LogP contribution in [0.1, 0.15) is 5.89 Å². The van der Waals surface area contributed by atoms with Crippen LogP contribution in [0.4, 0.5) is 11.6 Å². The summed E-state index contributed by atoms with van der Waals surface area (Å²) in [4.78, 5) is 9.06. The van der Waals surface area contributed by atoms with Crippen molar-refractivity contribution in [3.63, 3.8) is 0 Å². The summed E-state index contributed by atoms with van der Waals surface area (Å²) in [6.07, 6.45) is 0. The van der Waals surface area contributed by atoms with E-state index in [0.717, 1.165) is 33.7 Å². The molecule has 0 fully saturated rings. The van der Waals surface area contributed by atoms with Crippen molar-refractivity contribution in [1.29, 1.82) is 0 Å². The summed E-state index contributed by atoms with van der Waals surface area (Å²) < 4.78 is 7.67. The highest BCUT2D eigenvalue weighted by Gasteiger charge is 2.12. The van der Waals surface area contributed by atoms with Crippen LogP contribution in [0.25, 0.3) is 28.0 Å². The second-order valence-corrected chi connectivity index (χ2v) is 6.43. The highest BCUT2D eigenvalue weighted by Crippen LogP contribution is 2.26. The van der Waals surface area contributed by atoms with Gasteiger partial charge in [0.25, 0.3) is 0 Å². The number of hydrogen-bond acceptors (Lipinski definition) is 6. The molecule has 2 aromatic carbocycles. The van der Waals surface area contributed by atoms with Crippen LogP contribution >= 0.6 is 0 Å². The molecule has 0 saturated heterocycles. The van der Waals surface area contributed by atoms with Crippen LogP contribution in [0, 0.1) is 0 Å². The number of nitrogens with zero attached hydrogens (tertiary/aromatic N) is 4. The largest absolute Gasteiger partial charge is 0.439 e. The minimum atomic E-state index is 0.552. The van der Waals surface area contributed by atoms with Crippen LogP contribution in [-0.4, -0.2) is 26.6 Å². The number of nitrogens with one attached hydrogen (secondary N) is 2. The van der Waals surface area contributed by atoms with Gasteiger partial charge in [-0.2, -0.15) is 4.98 Å². The Labute approximate surface area is 161 Å². The summed E-state index contributed by atoms with van der Waals surface area (Å²) in [6.45, 7) is 0.594. The van der Waals surface area contributed by atoms with Crippen molar-refractivity contribution in [2.45, 2.75) is 6.54 Å². The van der Waals surface area contributed by atoms with Crippen molar-refractivity contribution in [2.24, 2.45) is 0 Å². The molecule has 0 aliphatic carbocycles. The maximum absolute atomic E-state index is 5.84. The molecule has 5 rings (SSSR count). The number of anilines is 2. The molecular weight excluding hydrogens is 352 g/mol. The summed E-state index contributed by atoms with van der Waals surface area (Å²) in [5.74, 6) is 1.22. The van der Waals surface area contributed by atoms with Gasteiger partial charge in [0.2, 0.25) is 11.8 Å². The highest BCUT2D eigenvalue weighted by molar-refractivity contribution is 5.80. The molecule has 0 aliphatic rings. The van der Waals surface area contributed by atoms with Crippen molar-refractivity contribution in [2.75, 3.05) is 12.4 Å². The molecule has 0 saturated carbocycles. The Balaban J connectivity index is 1.55. The molecule has 3 aromatic heterocycles. The topological polar surface area (TPSA) is 80.3 Å². The Morgan fingerprint density at radius 3 is 2.71 bits per heavy atom. The number of para-hydroxylation sites is 1. The lowest BCUT2D eigenvalue weighted by Crippen LogP contribution is -2.04. The smallest absolute Gasteiger partial charge is 0.247 e. The third-order valence-electron chi connectivity index (χ3n) is 4.45. The Morgan fingerprint density at radius 2 is 1.86 bits per heavy atom. The zero-order valence-corrected chi connectivity index (χ0v) is 15.3. The molecule has 0 unspecified atom stereocenters. The lowest BCUT2D eigenvalue weighted by atomic mass is 10.1. The van der Waals surface area contributed by atoms with Crippen molar-refractivity contribution in [1.82, 2.24) is 24.9 Å². The second kappa shape index (κ2) is 6.79. The van der Waals surface area contributed by atoms with Gasteiger partial charge in [-0.15, -0.1) is 5.10 Å². The summed E-state index contributed by atoms with van der Waals surface area (Å²) in [7, 11) is 1.87. The minimum absolute atomic E-state index is 0.552. The lowest BCUT2D eigenvalue weighted by molar-refractivity contribution is 0.511. The van der Waals surface area contributed by atoms with E-state index in [2.05, 4.69) is 25.7 Å². The SMILES string of the molecule is CNCc1nc2ccc(-c3cccc4nc(Nc5ccccc5)nn34)cc2o1. The molecule has 0 bridgehead atoms. The van der Waals surface area contributed by atoms with E-state index in [1.807, 2.05) is 78.3 Å². The number of hydrogen-bond donors (Lipinski definition) is 2. The number of aromatic nitrogens is 4. The zero-order valence-electron chi connectivity index (χ0n) is 15.3. The van der Waals surface area contributed by atoms with Crippen LogP contribution in [0.5, 0.6) is 0 Å². The third-order valence-corrected chi connectivity index (χ3v) is 4.45. The molecule has 3 heterocycles. The van der Waals surface area contributed by atoms with E-state index in [9.17, 15) is 0 Å². The van der Waals surface area contributed by atoms with E-state index < -0.39 is 0 Å². The van der Waals surface area contributed by atoms with E-state index in [-0.39, 0.29) is 0 Å². The monoisotopic (exact) mass is 370 g/mol. The molecule has 7 nitrogen and oxygen atoms in total. The molecule has 2 N–H and O–H groups in total. The van der Waals surface area contributed by atoms with E-state index in [4.69, 9.17) is 4.42 Å². The Kier molecular flexibility index (Phi) is 3.99. The average Bonchev–Trinajstić information content (AvgIpc) is 3.31. The first-order valence-electron chi connectivity index (χ1n) is 9.02. The van der Waals surface area contributed by atoms with Crippen LogP contribution in [0.2, 0.25) is 0 Å². The van der Waals surface area contributed by atoms with Gasteiger partial charge in [-0.3, -0.25) is 0 Å². The average molecular weight is 370 g/mol. The van der Waals surface area contributed by atoms with E-state index >= 15 is 0 Å². The number of rotatable bonds is 5. The lowest BCUT2D eigenvalue weighted by Gasteiger charge is -2.03. The second-order valence-electron chi connectivity index (χ2n) is 6.43. The summed E-state index contributed by atoms with van der Waals surface area (Å²) in [6, 6.07) is 21.8. The van der Waals surface area contributed by atoms with Gasteiger partial charge < -0.3 is 15.1 Å². The Hall–Kier alpha value is -3.71. The quantitative estimate of drug-likeness (QED) is 0.487. The fourth-order valence-electron chi connectivity index (χ4n) is 3.19. The predicted octanol–water partition coefficient (Wildman–Crippen LogP) is 4.00. The van der Waals surface area contributed by atoms with Crippen molar-refractivity contribution >= 4 is 28.4 Å². The third kappa shape index (κ3) is 2.97. The van der Waals surface area contributed by atoms with Gasteiger partial charge in [-0.05, 0) is 43.4 Å². The molecule has 5 aromatic rings. The maximum atomic E-state index is 5.84. The van der Waals surface area contributed by atoms with Gasteiger partial charge in [0.05, 0.1) is 12.2 Å². The van der Waals surface area contributed by atoms with E-state index in [0.29, 0.717) is 18.4 Å². The molecule has 0 atom stereocenters. The Morgan fingerprint density at radius 1 is 0.964 bits per heavy atom. The van der Waals surface area contributed by atoms with Gasteiger partial charge in [-0.25, -0.2) is 9.50 Å². The first kappa shape index (κ1) is 16.5. The molecule has 0 aliphatic heterocycles. The normalized spacial score (nSPS) is 11.3. The first-order valence-corrected chi connectivity index (χ1v) is 9.02. The summed E-state index contributed by atoms with van der Waals surface area (Å²) >= 11 is 0. The van der Waals surface area contributed by atoms with Crippen molar-refractivity contribution in [3.05, 3.63) is 72.6 Å². The number of benzene rings is 2. The molecule has 0 amide bonds. The van der Waals surface area contributed by atoms with Gasteiger partial charge in [0, 0.05) is 11.3 Å². The zero-order chi connectivity index (χ0) is 18.9. The van der Waals surface area contributed by atoms with Crippen molar-refractivity contribution in [3.8, 4) is 11.3 Å². The van der Waals surface area contributed by atoms with Gasteiger partial charge in [0.15, 0.2) is 11.2 Å².